The van der Waals surface area contributed by atoms with E-state index in [1.54, 1.807) is 0 Å². The molecule has 0 N–H and O–H groups in total. The van der Waals surface area contributed by atoms with Gasteiger partial charge in [0.25, 0.3) is 0 Å². The molecule has 0 spiro atoms. The summed E-state index contributed by atoms with van der Waals surface area (Å²) in [5, 5.41) is 2.51. The summed E-state index contributed by atoms with van der Waals surface area (Å²) in [5.41, 5.74) is 14.5. The minimum Gasteiger partial charge on any atom is -0.309 e. The molecule has 6 aromatic carbocycles. The summed E-state index contributed by atoms with van der Waals surface area (Å²) in [6, 6.07) is 50.1. The Morgan fingerprint density at radius 2 is 1.08 bits per heavy atom. The number of fused-ring (bicyclic) bond motifs is 5. The first-order chi connectivity index (χ1) is 25.1. The van der Waals surface area contributed by atoms with Gasteiger partial charge in [0.15, 0.2) is 0 Å². The molecule has 0 bridgehead atoms. The summed E-state index contributed by atoms with van der Waals surface area (Å²) in [6.45, 7) is 4.34. The zero-order valence-electron chi connectivity index (χ0n) is 28.6. The molecule has 5 heteroatoms. The fourth-order valence-corrected chi connectivity index (χ4v) is 7.89. The molecule has 5 nitrogen and oxygen atoms in total. The molecule has 51 heavy (non-hydrogen) atoms. The van der Waals surface area contributed by atoms with E-state index in [9.17, 15) is 0 Å². The average molecular weight is 658 g/mol. The lowest BCUT2D eigenvalue weighted by atomic mass is 10.1. The normalized spacial score (nSPS) is 12.7. The van der Waals surface area contributed by atoms with Crippen molar-refractivity contribution in [3.63, 3.8) is 0 Å². The SMILES string of the molecule is Cc1ccc2c(c1)c1cc(C)ccc1n2-c1cc(-c2nc3c(n2-c2ccccc2)CCC=C3)cc(-c2nc3ccccc3n2-c2ccccc2)c1. The predicted molar refractivity (Wildman–Crippen MR) is 210 cm³/mol. The van der Waals surface area contributed by atoms with Gasteiger partial charge < -0.3 is 4.57 Å². The van der Waals surface area contributed by atoms with Gasteiger partial charge in [-0.2, -0.15) is 0 Å². The third kappa shape index (κ3) is 4.77. The number of imidazole rings is 2. The topological polar surface area (TPSA) is 40.6 Å². The van der Waals surface area contributed by atoms with Crippen LogP contribution in [-0.4, -0.2) is 23.7 Å². The molecule has 3 heterocycles. The lowest BCUT2D eigenvalue weighted by molar-refractivity contribution is 0.878. The maximum Gasteiger partial charge on any atom is 0.145 e. The summed E-state index contributed by atoms with van der Waals surface area (Å²) in [5.74, 6) is 1.82. The minimum absolute atomic E-state index is 0.889. The standard InChI is InChI=1S/C46H35N5/c1-30-21-23-41-37(25-30)38-26-31(2)22-24-42(38)49(41)36-28-32(45-47-39-17-9-11-19-43(39)50(45)34-13-5-3-6-14-34)27-33(29-36)46-48-40-18-10-12-20-44(40)51(46)35-15-7-4-8-16-35/h3-11,13-19,21-29H,12,20H2,1-2H3. The quantitative estimate of drug-likeness (QED) is 0.185. The highest BCUT2D eigenvalue weighted by Gasteiger charge is 2.24. The minimum atomic E-state index is 0.889. The molecule has 0 atom stereocenters. The van der Waals surface area contributed by atoms with E-state index in [1.807, 2.05) is 0 Å². The van der Waals surface area contributed by atoms with Gasteiger partial charge in [0, 0.05) is 39.0 Å². The molecule has 0 fully saturated rings. The van der Waals surface area contributed by atoms with Crippen LogP contribution in [0, 0.1) is 13.8 Å². The van der Waals surface area contributed by atoms with E-state index in [0.717, 1.165) is 69.4 Å². The molecule has 1 aliphatic rings. The van der Waals surface area contributed by atoms with Crippen molar-refractivity contribution in [2.24, 2.45) is 0 Å². The van der Waals surface area contributed by atoms with Crippen LogP contribution < -0.4 is 0 Å². The van der Waals surface area contributed by atoms with Gasteiger partial charge in [-0.15, -0.1) is 0 Å². The van der Waals surface area contributed by atoms with E-state index < -0.39 is 0 Å². The first-order valence-corrected chi connectivity index (χ1v) is 17.6. The molecule has 3 aromatic heterocycles. The van der Waals surface area contributed by atoms with Gasteiger partial charge in [0.2, 0.25) is 0 Å². The number of aromatic nitrogens is 5. The number of nitrogens with zero attached hydrogens (tertiary/aromatic N) is 5. The second kappa shape index (κ2) is 11.6. The molecular weight excluding hydrogens is 623 g/mol. The van der Waals surface area contributed by atoms with Gasteiger partial charge >= 0.3 is 0 Å². The summed E-state index contributed by atoms with van der Waals surface area (Å²) in [7, 11) is 0. The van der Waals surface area contributed by atoms with E-state index in [-0.39, 0.29) is 0 Å². The van der Waals surface area contributed by atoms with Crippen LogP contribution in [-0.2, 0) is 6.42 Å². The van der Waals surface area contributed by atoms with Crippen molar-refractivity contribution in [3.8, 4) is 39.8 Å². The monoisotopic (exact) mass is 657 g/mol. The second-order valence-electron chi connectivity index (χ2n) is 13.6. The van der Waals surface area contributed by atoms with Crippen LogP contribution in [0.3, 0.4) is 0 Å². The fraction of sp³-hybridized carbons (Fsp3) is 0.0870. The smallest absolute Gasteiger partial charge is 0.145 e. The lowest BCUT2D eigenvalue weighted by Gasteiger charge is -2.17. The Kier molecular flexibility index (Phi) is 6.68. The Labute approximate surface area is 296 Å². The lowest BCUT2D eigenvalue weighted by Crippen LogP contribution is -2.05. The van der Waals surface area contributed by atoms with Crippen LogP contribution in [0.25, 0.3) is 78.8 Å². The molecule has 0 saturated heterocycles. The Bertz CT molecular complexity index is 2750. The molecule has 0 saturated carbocycles. The van der Waals surface area contributed by atoms with Crippen LogP contribution in [0.5, 0.6) is 0 Å². The zero-order chi connectivity index (χ0) is 34.1. The predicted octanol–water partition coefficient (Wildman–Crippen LogP) is 11.2. The second-order valence-corrected chi connectivity index (χ2v) is 13.6. The largest absolute Gasteiger partial charge is 0.309 e. The summed E-state index contributed by atoms with van der Waals surface area (Å²) in [6.07, 6.45) is 6.35. The van der Waals surface area contributed by atoms with Crippen LogP contribution in [0.15, 0.2) is 146 Å². The van der Waals surface area contributed by atoms with Crippen LogP contribution in [0.4, 0.5) is 0 Å². The van der Waals surface area contributed by atoms with Crippen LogP contribution >= 0.6 is 0 Å². The number of para-hydroxylation sites is 4. The van der Waals surface area contributed by atoms with Crippen molar-refractivity contribution in [3.05, 3.63) is 168 Å². The molecule has 0 radical (unpaired) electrons. The third-order valence-electron chi connectivity index (χ3n) is 10.2. The fourth-order valence-electron chi connectivity index (χ4n) is 7.89. The van der Waals surface area contributed by atoms with Crippen molar-refractivity contribution in [1.29, 1.82) is 0 Å². The maximum absolute atomic E-state index is 5.37. The van der Waals surface area contributed by atoms with Gasteiger partial charge in [0.1, 0.15) is 11.6 Å². The van der Waals surface area contributed by atoms with E-state index in [0.29, 0.717) is 0 Å². The Hall–Kier alpha value is -6.46. The molecule has 0 aliphatic heterocycles. The first kappa shape index (κ1) is 29.5. The molecule has 0 amide bonds. The molecular formula is C46H35N5. The highest BCUT2D eigenvalue weighted by molar-refractivity contribution is 6.10. The molecule has 9 aromatic rings. The summed E-state index contributed by atoms with van der Waals surface area (Å²) >= 11 is 0. The Morgan fingerprint density at radius 1 is 0.490 bits per heavy atom. The highest BCUT2D eigenvalue weighted by Crippen LogP contribution is 2.39. The summed E-state index contributed by atoms with van der Waals surface area (Å²) in [4.78, 5) is 10.7. The van der Waals surface area contributed by atoms with Crippen molar-refractivity contribution < 1.29 is 0 Å². The van der Waals surface area contributed by atoms with Crippen molar-refractivity contribution in [1.82, 2.24) is 23.7 Å². The van der Waals surface area contributed by atoms with Crippen LogP contribution in [0.2, 0.25) is 0 Å². The molecule has 1 aliphatic carbocycles. The number of benzene rings is 6. The highest BCUT2D eigenvalue weighted by atomic mass is 15.1. The van der Waals surface area contributed by atoms with Crippen molar-refractivity contribution in [2.75, 3.05) is 0 Å². The van der Waals surface area contributed by atoms with Crippen molar-refractivity contribution in [2.45, 2.75) is 26.7 Å². The summed E-state index contributed by atoms with van der Waals surface area (Å²) < 4.78 is 7.07. The van der Waals surface area contributed by atoms with E-state index in [2.05, 4.69) is 179 Å². The van der Waals surface area contributed by atoms with E-state index >= 15 is 0 Å². The Balaban J connectivity index is 1.32. The van der Waals surface area contributed by atoms with Gasteiger partial charge in [-0.05, 0) is 112 Å². The van der Waals surface area contributed by atoms with Gasteiger partial charge in [-0.1, -0.05) is 77.9 Å². The number of allylic oxidation sites excluding steroid dienone is 1. The number of hydrogen-bond acceptors (Lipinski definition) is 2. The van der Waals surface area contributed by atoms with Gasteiger partial charge in [-0.25, -0.2) is 9.97 Å². The Morgan fingerprint density at radius 3 is 1.75 bits per heavy atom. The first-order valence-electron chi connectivity index (χ1n) is 17.6. The van der Waals surface area contributed by atoms with Crippen molar-refractivity contribution >= 4 is 38.9 Å². The van der Waals surface area contributed by atoms with Gasteiger partial charge in [-0.3, -0.25) is 9.13 Å². The van der Waals surface area contributed by atoms with E-state index in [1.165, 1.54) is 38.6 Å². The maximum atomic E-state index is 5.37. The van der Waals surface area contributed by atoms with Crippen LogP contribution in [0.1, 0.15) is 28.9 Å². The molecule has 244 valence electrons. The van der Waals surface area contributed by atoms with E-state index in [4.69, 9.17) is 9.97 Å². The molecule has 0 unspecified atom stereocenters. The third-order valence-corrected chi connectivity index (χ3v) is 10.2. The zero-order valence-corrected chi connectivity index (χ0v) is 28.6. The van der Waals surface area contributed by atoms with Gasteiger partial charge in [0.05, 0.1) is 33.5 Å². The molecule has 10 rings (SSSR count). The number of hydrogen-bond donors (Lipinski definition) is 0. The average Bonchev–Trinajstić information content (AvgIpc) is 3.85. The number of aryl methyl sites for hydroxylation is 2. The number of rotatable bonds is 5.